The van der Waals surface area contributed by atoms with Crippen LogP contribution >= 0.6 is 11.3 Å². The molecule has 32 heavy (non-hydrogen) atoms. The van der Waals surface area contributed by atoms with Crippen molar-refractivity contribution in [3.05, 3.63) is 66.5 Å². The zero-order valence-corrected chi connectivity index (χ0v) is 19.0. The van der Waals surface area contributed by atoms with Crippen LogP contribution in [0.5, 0.6) is 11.5 Å². The second-order valence-electron chi connectivity index (χ2n) is 6.91. The fourth-order valence-electron chi connectivity index (χ4n) is 3.26. The summed E-state index contributed by atoms with van der Waals surface area (Å²) in [5.74, 6) is 1.68. The van der Waals surface area contributed by atoms with E-state index in [1.54, 1.807) is 24.4 Å². The van der Waals surface area contributed by atoms with Crippen molar-refractivity contribution >= 4 is 22.4 Å². The van der Waals surface area contributed by atoms with Crippen molar-refractivity contribution in [1.82, 2.24) is 14.5 Å². The zero-order chi connectivity index (χ0) is 22.5. The Bertz CT molecular complexity index is 1220. The van der Waals surface area contributed by atoms with E-state index in [4.69, 9.17) is 14.5 Å². The lowest BCUT2D eigenvalue weighted by molar-refractivity contribution is 0.102. The Morgan fingerprint density at radius 1 is 1.06 bits per heavy atom. The number of carbonyl (C=O) groups is 1. The molecular formula is C24H24N4O3S. The predicted octanol–water partition coefficient (Wildman–Crippen LogP) is 5.26. The van der Waals surface area contributed by atoms with E-state index in [2.05, 4.69) is 10.3 Å². The van der Waals surface area contributed by atoms with Crippen LogP contribution in [0.2, 0.25) is 0 Å². The Labute approximate surface area is 190 Å². The summed E-state index contributed by atoms with van der Waals surface area (Å²) < 4.78 is 13.2. The minimum Gasteiger partial charge on any atom is -0.490 e. The van der Waals surface area contributed by atoms with Crippen LogP contribution in [0.4, 0.5) is 5.13 Å². The maximum Gasteiger partial charge on any atom is 0.257 e. The number of amides is 1. The van der Waals surface area contributed by atoms with Crippen LogP contribution in [-0.2, 0) is 7.05 Å². The average Bonchev–Trinajstić information content (AvgIpc) is 3.41. The molecule has 0 saturated heterocycles. The molecule has 8 heteroatoms. The second-order valence-corrected chi connectivity index (χ2v) is 7.91. The topological polar surface area (TPSA) is 78.3 Å². The molecule has 0 saturated carbocycles. The summed E-state index contributed by atoms with van der Waals surface area (Å²) in [6, 6.07) is 15.0. The number of benzene rings is 2. The largest absolute Gasteiger partial charge is 0.490 e. The molecule has 2 aromatic carbocycles. The van der Waals surface area contributed by atoms with Gasteiger partial charge in [0, 0.05) is 30.6 Å². The van der Waals surface area contributed by atoms with Crippen molar-refractivity contribution in [2.45, 2.75) is 13.8 Å². The molecule has 2 heterocycles. The van der Waals surface area contributed by atoms with E-state index in [0.29, 0.717) is 35.4 Å². The Morgan fingerprint density at radius 2 is 1.81 bits per heavy atom. The van der Waals surface area contributed by atoms with Gasteiger partial charge >= 0.3 is 0 Å². The molecule has 4 rings (SSSR count). The first kappa shape index (κ1) is 21.6. The average molecular weight is 449 g/mol. The van der Waals surface area contributed by atoms with Crippen molar-refractivity contribution in [2.75, 3.05) is 18.5 Å². The van der Waals surface area contributed by atoms with Crippen LogP contribution in [-0.4, -0.2) is 33.7 Å². The van der Waals surface area contributed by atoms with Gasteiger partial charge in [0.15, 0.2) is 22.5 Å². The molecule has 0 aliphatic rings. The number of imidazole rings is 1. The third kappa shape index (κ3) is 4.50. The molecule has 1 N–H and O–H groups in total. The highest BCUT2D eigenvalue weighted by Crippen LogP contribution is 2.38. The van der Waals surface area contributed by atoms with Crippen molar-refractivity contribution in [3.63, 3.8) is 0 Å². The van der Waals surface area contributed by atoms with Gasteiger partial charge in [0.2, 0.25) is 0 Å². The second kappa shape index (κ2) is 9.65. The molecule has 0 radical (unpaired) electrons. The van der Waals surface area contributed by atoms with Gasteiger partial charge in [0.25, 0.3) is 5.91 Å². The van der Waals surface area contributed by atoms with Crippen LogP contribution in [0.1, 0.15) is 24.2 Å². The van der Waals surface area contributed by atoms with Crippen LogP contribution in [0, 0.1) is 0 Å². The first-order valence-electron chi connectivity index (χ1n) is 10.4. The van der Waals surface area contributed by atoms with Crippen LogP contribution in [0.25, 0.3) is 22.0 Å². The van der Waals surface area contributed by atoms with Gasteiger partial charge in [-0.1, -0.05) is 41.7 Å². The summed E-state index contributed by atoms with van der Waals surface area (Å²) >= 11 is 1.39. The van der Waals surface area contributed by atoms with Gasteiger partial charge in [-0.15, -0.1) is 0 Å². The van der Waals surface area contributed by atoms with E-state index in [9.17, 15) is 4.79 Å². The van der Waals surface area contributed by atoms with Gasteiger partial charge in [0.1, 0.15) is 0 Å². The van der Waals surface area contributed by atoms with Gasteiger partial charge < -0.3 is 14.0 Å². The third-order valence-corrected chi connectivity index (χ3v) is 5.69. The van der Waals surface area contributed by atoms with E-state index >= 15 is 0 Å². The van der Waals surface area contributed by atoms with Crippen molar-refractivity contribution in [1.29, 1.82) is 0 Å². The number of nitrogens with zero attached hydrogens (tertiary/aromatic N) is 3. The molecule has 0 aliphatic carbocycles. The summed E-state index contributed by atoms with van der Waals surface area (Å²) in [5.41, 5.74) is 2.20. The Morgan fingerprint density at radius 3 is 2.50 bits per heavy atom. The maximum atomic E-state index is 13.0. The highest BCUT2D eigenvalue weighted by atomic mass is 32.1. The highest BCUT2D eigenvalue weighted by molar-refractivity contribution is 7.19. The molecule has 1 amide bonds. The molecule has 164 valence electrons. The number of rotatable bonds is 8. The molecular weight excluding hydrogens is 424 g/mol. The molecule has 4 aromatic rings. The number of thiazole rings is 1. The number of nitrogens with one attached hydrogen (secondary N) is 1. The summed E-state index contributed by atoms with van der Waals surface area (Å²) in [6.07, 6.45) is 3.63. The number of carbonyl (C=O) groups excluding carboxylic acids is 1. The van der Waals surface area contributed by atoms with Gasteiger partial charge in [-0.05, 0) is 32.0 Å². The van der Waals surface area contributed by atoms with Gasteiger partial charge in [-0.3, -0.25) is 10.1 Å². The summed E-state index contributed by atoms with van der Waals surface area (Å²) in [4.78, 5) is 23.1. The number of aryl methyl sites for hydroxylation is 1. The fourth-order valence-corrected chi connectivity index (χ4v) is 4.29. The minimum atomic E-state index is -0.270. The lowest BCUT2D eigenvalue weighted by Crippen LogP contribution is -2.12. The van der Waals surface area contributed by atoms with Crippen LogP contribution < -0.4 is 14.8 Å². The van der Waals surface area contributed by atoms with Gasteiger partial charge in [-0.25, -0.2) is 9.97 Å². The van der Waals surface area contributed by atoms with E-state index < -0.39 is 0 Å². The zero-order valence-electron chi connectivity index (χ0n) is 18.2. The van der Waals surface area contributed by atoms with E-state index in [0.717, 1.165) is 22.0 Å². The number of hydrogen-bond acceptors (Lipinski definition) is 6. The van der Waals surface area contributed by atoms with Gasteiger partial charge in [0.05, 0.1) is 23.8 Å². The lowest BCUT2D eigenvalue weighted by atomic mass is 10.1. The molecule has 2 aromatic heterocycles. The number of hydrogen-bond donors (Lipinski definition) is 1. The van der Waals surface area contributed by atoms with E-state index in [1.165, 1.54) is 11.3 Å². The SMILES string of the molecule is CCOc1ccc(C(=O)Nc2nc(-c3ccccc3)c(-c3nccn3C)s2)cc1OCC. The molecule has 7 nitrogen and oxygen atoms in total. The number of aromatic nitrogens is 3. The standard InChI is InChI=1S/C24H24N4O3S/c1-4-30-18-12-11-17(15-19(18)31-5-2)23(29)27-24-26-20(16-9-7-6-8-10-16)21(32-24)22-25-13-14-28(22)3/h6-15H,4-5H2,1-3H3,(H,26,27,29). The fraction of sp³-hybridized carbons (Fsp3) is 0.208. The van der Waals surface area contributed by atoms with Crippen molar-refractivity contribution in [2.24, 2.45) is 7.05 Å². The normalized spacial score (nSPS) is 10.7. The molecule has 0 aliphatic heterocycles. The van der Waals surface area contributed by atoms with Gasteiger partial charge in [-0.2, -0.15) is 0 Å². The Hall–Kier alpha value is -3.65. The lowest BCUT2D eigenvalue weighted by Gasteiger charge is -2.12. The van der Waals surface area contributed by atoms with E-state index in [-0.39, 0.29) is 5.91 Å². The summed E-state index contributed by atoms with van der Waals surface area (Å²) in [5, 5.41) is 3.42. The monoisotopic (exact) mass is 448 g/mol. The molecule has 0 unspecified atom stereocenters. The van der Waals surface area contributed by atoms with E-state index in [1.807, 2.05) is 62.0 Å². The molecule has 0 fully saturated rings. The molecule has 0 spiro atoms. The summed E-state index contributed by atoms with van der Waals surface area (Å²) in [6.45, 7) is 4.79. The van der Waals surface area contributed by atoms with Crippen molar-refractivity contribution < 1.29 is 14.3 Å². The quantitative estimate of drug-likeness (QED) is 0.398. The number of anilines is 1. The smallest absolute Gasteiger partial charge is 0.257 e. The Balaban J connectivity index is 1.66. The molecule has 0 bridgehead atoms. The first-order chi connectivity index (χ1) is 15.6. The van der Waals surface area contributed by atoms with Crippen molar-refractivity contribution in [3.8, 4) is 33.5 Å². The first-order valence-corrected chi connectivity index (χ1v) is 11.2. The molecule has 0 atom stereocenters. The number of ether oxygens (including phenoxy) is 2. The highest BCUT2D eigenvalue weighted by Gasteiger charge is 2.20. The third-order valence-electron chi connectivity index (χ3n) is 4.72. The minimum absolute atomic E-state index is 0.270. The Kier molecular flexibility index (Phi) is 6.51. The predicted molar refractivity (Wildman–Crippen MR) is 126 cm³/mol. The maximum absolute atomic E-state index is 13.0. The summed E-state index contributed by atoms with van der Waals surface area (Å²) in [7, 11) is 1.93. The van der Waals surface area contributed by atoms with Crippen LogP contribution in [0.15, 0.2) is 60.9 Å². The van der Waals surface area contributed by atoms with Crippen LogP contribution in [0.3, 0.4) is 0 Å².